The zero-order chi connectivity index (χ0) is 10.9. The number of carboxylic acids is 1. The van der Waals surface area contributed by atoms with E-state index in [1.54, 1.807) is 6.92 Å². The first-order valence-electron chi connectivity index (χ1n) is 5.14. The number of aliphatic carboxylic acids is 1. The second-order valence-electron chi connectivity index (χ2n) is 4.16. The molecule has 0 amide bonds. The van der Waals surface area contributed by atoms with Gasteiger partial charge in [-0.25, -0.2) is 0 Å². The maximum Gasteiger partial charge on any atom is 0.313 e. The summed E-state index contributed by atoms with van der Waals surface area (Å²) < 4.78 is 0. The minimum atomic E-state index is -0.727. The van der Waals surface area contributed by atoms with Crippen LogP contribution in [0.2, 0.25) is 0 Å². The monoisotopic (exact) mass is 202 g/mol. The van der Waals surface area contributed by atoms with Crippen LogP contribution in [0.5, 0.6) is 0 Å². The minimum Gasteiger partial charge on any atom is -0.481 e. The highest BCUT2D eigenvalue weighted by Gasteiger charge is 2.40. The van der Waals surface area contributed by atoms with E-state index in [9.17, 15) is 9.90 Å². The molecule has 78 valence electrons. The Morgan fingerprint density at radius 1 is 1.33 bits per heavy atom. The van der Waals surface area contributed by atoms with Crippen LogP contribution in [0.3, 0.4) is 0 Å². The number of hydrogen-bond acceptors (Lipinski definition) is 1. The molecule has 0 radical (unpaired) electrons. The highest BCUT2D eigenvalue weighted by Crippen LogP contribution is 2.44. The zero-order valence-corrected chi connectivity index (χ0v) is 8.73. The van der Waals surface area contributed by atoms with Crippen LogP contribution in [0, 0.1) is 5.41 Å². The molecule has 2 nitrogen and oxygen atoms in total. The average Bonchev–Trinajstić information content (AvgIpc) is 2.63. The summed E-state index contributed by atoms with van der Waals surface area (Å²) in [6.07, 6.45) is 3.60. The van der Waals surface area contributed by atoms with Crippen LogP contribution < -0.4 is 0 Å². The van der Waals surface area contributed by atoms with Gasteiger partial charge in [0, 0.05) is 0 Å². The van der Waals surface area contributed by atoms with Gasteiger partial charge in [0.15, 0.2) is 0 Å². The van der Waals surface area contributed by atoms with Crippen molar-refractivity contribution >= 4 is 11.5 Å². The van der Waals surface area contributed by atoms with Crippen molar-refractivity contribution in [1.29, 1.82) is 0 Å². The molecule has 1 N–H and O–H groups in total. The van der Waals surface area contributed by atoms with Crippen LogP contribution in [0.1, 0.15) is 25.3 Å². The fourth-order valence-electron chi connectivity index (χ4n) is 2.14. The summed E-state index contributed by atoms with van der Waals surface area (Å²) in [6, 6.07) is 9.77. The van der Waals surface area contributed by atoms with Crippen LogP contribution >= 0.6 is 0 Å². The predicted molar refractivity (Wildman–Crippen MR) is 59.4 cm³/mol. The number of allylic oxidation sites excluding steroid dienone is 1. The molecule has 1 aliphatic carbocycles. The number of benzene rings is 1. The zero-order valence-electron chi connectivity index (χ0n) is 8.73. The number of carbonyl (C=O) groups is 1. The lowest BCUT2D eigenvalue weighted by Gasteiger charge is -2.22. The van der Waals surface area contributed by atoms with E-state index in [4.69, 9.17) is 0 Å². The van der Waals surface area contributed by atoms with Crippen LogP contribution in [0.4, 0.5) is 0 Å². The summed E-state index contributed by atoms with van der Waals surface area (Å²) in [5.74, 6) is -0.727. The standard InChI is InChI=1S/C13H14O2/c1-13(12(14)15)9-5-8-11(13)10-6-3-2-4-7-10/h2-4,6-8H,5,9H2,1H3,(H,14,15). The Morgan fingerprint density at radius 2 is 2.00 bits per heavy atom. The number of carboxylic acid groups (broad SMARTS) is 1. The van der Waals surface area contributed by atoms with Crippen molar-refractivity contribution in [2.75, 3.05) is 0 Å². The summed E-state index contributed by atoms with van der Waals surface area (Å²) in [4.78, 5) is 11.3. The smallest absolute Gasteiger partial charge is 0.313 e. The molecule has 0 heterocycles. The third-order valence-electron chi connectivity index (χ3n) is 3.14. The molecule has 0 spiro atoms. The molecule has 0 saturated heterocycles. The first kappa shape index (κ1) is 9.97. The van der Waals surface area contributed by atoms with E-state index >= 15 is 0 Å². The Kier molecular flexibility index (Phi) is 2.35. The van der Waals surface area contributed by atoms with Crippen LogP contribution in [-0.2, 0) is 4.79 Å². The normalized spacial score (nSPS) is 25.0. The third kappa shape index (κ3) is 1.56. The second-order valence-corrected chi connectivity index (χ2v) is 4.16. The van der Waals surface area contributed by atoms with Crippen molar-refractivity contribution in [3.8, 4) is 0 Å². The summed E-state index contributed by atoms with van der Waals surface area (Å²) in [5.41, 5.74) is 1.27. The second kappa shape index (κ2) is 3.54. The molecule has 0 aliphatic heterocycles. The first-order chi connectivity index (χ1) is 7.14. The van der Waals surface area contributed by atoms with Crippen molar-refractivity contribution in [3.05, 3.63) is 42.0 Å². The van der Waals surface area contributed by atoms with Crippen molar-refractivity contribution in [1.82, 2.24) is 0 Å². The average molecular weight is 202 g/mol. The lowest BCUT2D eigenvalue weighted by molar-refractivity contribution is -0.144. The fraction of sp³-hybridized carbons (Fsp3) is 0.308. The molecule has 1 atom stereocenters. The van der Waals surface area contributed by atoms with Crippen LogP contribution in [-0.4, -0.2) is 11.1 Å². The van der Waals surface area contributed by atoms with Crippen molar-refractivity contribution in [2.45, 2.75) is 19.8 Å². The van der Waals surface area contributed by atoms with Crippen LogP contribution in [0.25, 0.3) is 5.57 Å². The molecule has 0 bridgehead atoms. The van der Waals surface area contributed by atoms with E-state index in [0.29, 0.717) is 6.42 Å². The molecule has 1 aromatic rings. The number of hydrogen-bond donors (Lipinski definition) is 1. The van der Waals surface area contributed by atoms with Crippen LogP contribution in [0.15, 0.2) is 36.4 Å². The SMILES string of the molecule is CC1(C(=O)O)CCC=C1c1ccccc1. The van der Waals surface area contributed by atoms with E-state index in [1.165, 1.54) is 0 Å². The van der Waals surface area contributed by atoms with Gasteiger partial charge in [-0.1, -0.05) is 36.4 Å². The molecule has 1 aromatic carbocycles. The van der Waals surface area contributed by atoms with E-state index in [1.807, 2.05) is 36.4 Å². The number of rotatable bonds is 2. The Labute approximate surface area is 89.2 Å². The Balaban J connectivity index is 2.42. The van der Waals surface area contributed by atoms with Gasteiger partial charge in [0.2, 0.25) is 0 Å². The van der Waals surface area contributed by atoms with Gasteiger partial charge in [0.1, 0.15) is 0 Å². The van der Waals surface area contributed by atoms with Gasteiger partial charge >= 0.3 is 5.97 Å². The molecule has 15 heavy (non-hydrogen) atoms. The Bertz CT molecular complexity index is 406. The summed E-state index contributed by atoms with van der Waals surface area (Å²) in [6.45, 7) is 1.81. The molecule has 0 aromatic heterocycles. The Hall–Kier alpha value is -1.57. The Morgan fingerprint density at radius 3 is 2.60 bits per heavy atom. The minimum absolute atomic E-state index is 0.701. The summed E-state index contributed by atoms with van der Waals surface area (Å²) in [5, 5.41) is 9.26. The summed E-state index contributed by atoms with van der Waals surface area (Å²) >= 11 is 0. The van der Waals surface area contributed by atoms with E-state index in [0.717, 1.165) is 17.6 Å². The summed E-state index contributed by atoms with van der Waals surface area (Å²) in [7, 11) is 0. The van der Waals surface area contributed by atoms with Gasteiger partial charge in [0.25, 0.3) is 0 Å². The highest BCUT2D eigenvalue weighted by molar-refractivity contribution is 5.93. The molecular formula is C13H14O2. The molecule has 0 fully saturated rings. The molecule has 1 aliphatic rings. The fourth-order valence-corrected chi connectivity index (χ4v) is 2.14. The third-order valence-corrected chi connectivity index (χ3v) is 3.14. The quantitative estimate of drug-likeness (QED) is 0.800. The van der Waals surface area contributed by atoms with E-state index < -0.39 is 11.4 Å². The topological polar surface area (TPSA) is 37.3 Å². The van der Waals surface area contributed by atoms with Gasteiger partial charge in [0.05, 0.1) is 5.41 Å². The molecular weight excluding hydrogens is 188 g/mol. The van der Waals surface area contributed by atoms with Gasteiger partial charge in [-0.15, -0.1) is 0 Å². The lowest BCUT2D eigenvalue weighted by Crippen LogP contribution is -2.26. The van der Waals surface area contributed by atoms with E-state index in [-0.39, 0.29) is 0 Å². The van der Waals surface area contributed by atoms with Gasteiger partial charge in [-0.05, 0) is 30.9 Å². The van der Waals surface area contributed by atoms with Crippen molar-refractivity contribution in [2.24, 2.45) is 5.41 Å². The lowest BCUT2D eigenvalue weighted by atomic mass is 9.80. The van der Waals surface area contributed by atoms with Crippen molar-refractivity contribution in [3.63, 3.8) is 0 Å². The molecule has 0 saturated carbocycles. The van der Waals surface area contributed by atoms with Gasteiger partial charge in [-0.2, -0.15) is 0 Å². The largest absolute Gasteiger partial charge is 0.481 e. The highest BCUT2D eigenvalue weighted by atomic mass is 16.4. The predicted octanol–water partition coefficient (Wildman–Crippen LogP) is 2.95. The van der Waals surface area contributed by atoms with E-state index in [2.05, 4.69) is 0 Å². The molecule has 2 heteroatoms. The first-order valence-corrected chi connectivity index (χ1v) is 5.14. The maximum absolute atomic E-state index is 11.3. The van der Waals surface area contributed by atoms with Gasteiger partial charge in [-0.3, -0.25) is 4.79 Å². The van der Waals surface area contributed by atoms with Gasteiger partial charge < -0.3 is 5.11 Å². The van der Waals surface area contributed by atoms with Crippen molar-refractivity contribution < 1.29 is 9.90 Å². The maximum atomic E-state index is 11.3. The molecule has 2 rings (SSSR count). The molecule has 1 unspecified atom stereocenters.